The van der Waals surface area contributed by atoms with Gasteiger partial charge in [-0.3, -0.25) is 0 Å². The van der Waals surface area contributed by atoms with E-state index in [9.17, 15) is 0 Å². The fourth-order valence-electron chi connectivity index (χ4n) is 3.59. The molecule has 0 aromatic heterocycles. The van der Waals surface area contributed by atoms with Crippen molar-refractivity contribution in [3.8, 4) is 0 Å². The molecule has 0 rings (SSSR count). The van der Waals surface area contributed by atoms with Crippen LogP contribution < -0.4 is 16.4 Å². The van der Waals surface area contributed by atoms with Crippen LogP contribution in [0.2, 0.25) is 0 Å². The fourth-order valence-corrected chi connectivity index (χ4v) is 3.59. The quantitative estimate of drug-likeness (QED) is 0.175. The minimum absolute atomic E-state index is 0.849. The van der Waals surface area contributed by atoms with Gasteiger partial charge in [0.15, 0.2) is 0 Å². The van der Waals surface area contributed by atoms with Gasteiger partial charge in [0.05, 0.1) is 0 Å². The molecule has 0 amide bonds. The number of hydrogen-bond acceptors (Lipinski definition) is 3. The van der Waals surface area contributed by atoms with Crippen molar-refractivity contribution < 1.29 is 0 Å². The van der Waals surface area contributed by atoms with Gasteiger partial charge < -0.3 is 16.4 Å². The standard InChI is InChI=1S/C24H53N3/c1-2-3-4-5-6-7-8-9-11-16-21-26-23-18-13-14-19-24-27-22-17-12-10-15-20-25/h26-27H,2-25H2,1H3. The molecule has 0 aliphatic rings. The van der Waals surface area contributed by atoms with Crippen LogP contribution in [0, 0.1) is 0 Å². The van der Waals surface area contributed by atoms with Crippen LogP contribution in [0.4, 0.5) is 0 Å². The third kappa shape index (κ3) is 25.9. The van der Waals surface area contributed by atoms with Crippen LogP contribution in [0.3, 0.4) is 0 Å². The molecule has 27 heavy (non-hydrogen) atoms. The van der Waals surface area contributed by atoms with Crippen LogP contribution >= 0.6 is 0 Å². The fraction of sp³-hybridized carbons (Fsp3) is 1.00. The minimum Gasteiger partial charge on any atom is -0.330 e. The number of nitrogens with one attached hydrogen (secondary N) is 2. The first-order chi connectivity index (χ1) is 13.4. The first-order valence-corrected chi connectivity index (χ1v) is 12.5. The van der Waals surface area contributed by atoms with Crippen molar-refractivity contribution in [3.05, 3.63) is 0 Å². The highest BCUT2D eigenvalue weighted by Crippen LogP contribution is 2.10. The number of unbranched alkanes of at least 4 members (excludes halogenated alkanes) is 15. The molecule has 0 saturated carbocycles. The van der Waals surface area contributed by atoms with Gasteiger partial charge in [0.25, 0.3) is 0 Å². The normalized spacial score (nSPS) is 11.3. The summed E-state index contributed by atoms with van der Waals surface area (Å²) in [6.07, 6.45) is 24.8. The lowest BCUT2D eigenvalue weighted by Gasteiger charge is -2.06. The predicted octanol–water partition coefficient (Wildman–Crippen LogP) is 6.17. The highest BCUT2D eigenvalue weighted by Gasteiger charge is 1.94. The molecule has 0 bridgehead atoms. The van der Waals surface area contributed by atoms with Gasteiger partial charge in [-0.2, -0.15) is 0 Å². The molecule has 0 spiro atoms. The first kappa shape index (κ1) is 26.9. The molecule has 0 unspecified atom stereocenters. The molecule has 3 nitrogen and oxygen atoms in total. The second-order valence-electron chi connectivity index (χ2n) is 8.30. The van der Waals surface area contributed by atoms with Crippen LogP contribution in [0.5, 0.6) is 0 Å². The minimum atomic E-state index is 0.849. The van der Waals surface area contributed by atoms with Gasteiger partial charge in [0.2, 0.25) is 0 Å². The second kappa shape index (κ2) is 25.9. The highest BCUT2D eigenvalue weighted by atomic mass is 14.8. The van der Waals surface area contributed by atoms with Crippen molar-refractivity contribution in [2.45, 2.75) is 122 Å². The maximum atomic E-state index is 5.50. The van der Waals surface area contributed by atoms with Gasteiger partial charge in [-0.15, -0.1) is 0 Å². The van der Waals surface area contributed by atoms with E-state index in [1.807, 2.05) is 0 Å². The average Bonchev–Trinajstić information content (AvgIpc) is 2.68. The Balaban J connectivity index is 2.95. The van der Waals surface area contributed by atoms with E-state index in [4.69, 9.17) is 5.73 Å². The summed E-state index contributed by atoms with van der Waals surface area (Å²) in [4.78, 5) is 0. The molecular weight excluding hydrogens is 330 g/mol. The van der Waals surface area contributed by atoms with E-state index in [1.165, 1.54) is 142 Å². The van der Waals surface area contributed by atoms with Crippen LogP contribution in [0.25, 0.3) is 0 Å². The molecule has 0 saturated heterocycles. The Morgan fingerprint density at radius 1 is 0.407 bits per heavy atom. The molecule has 0 aliphatic carbocycles. The van der Waals surface area contributed by atoms with Crippen LogP contribution in [-0.2, 0) is 0 Å². The van der Waals surface area contributed by atoms with E-state index in [0.29, 0.717) is 0 Å². The zero-order valence-corrected chi connectivity index (χ0v) is 18.8. The highest BCUT2D eigenvalue weighted by molar-refractivity contribution is 4.54. The van der Waals surface area contributed by atoms with Gasteiger partial charge in [-0.05, 0) is 64.8 Å². The maximum absolute atomic E-state index is 5.50. The van der Waals surface area contributed by atoms with E-state index in [2.05, 4.69) is 17.6 Å². The lowest BCUT2D eigenvalue weighted by molar-refractivity contribution is 0.527. The van der Waals surface area contributed by atoms with Crippen LogP contribution in [0.15, 0.2) is 0 Å². The molecule has 164 valence electrons. The van der Waals surface area contributed by atoms with Crippen LogP contribution in [-0.4, -0.2) is 32.7 Å². The summed E-state index contributed by atoms with van der Waals surface area (Å²) in [6.45, 7) is 7.96. The van der Waals surface area contributed by atoms with E-state index >= 15 is 0 Å². The summed E-state index contributed by atoms with van der Waals surface area (Å²) in [5.74, 6) is 0. The Morgan fingerprint density at radius 3 is 1.04 bits per heavy atom. The smallest absolute Gasteiger partial charge is 0.00489 e. The van der Waals surface area contributed by atoms with Gasteiger partial charge in [-0.1, -0.05) is 90.4 Å². The SMILES string of the molecule is CCCCCCCCCCCCNCCCCCCNCCCCCCN. The summed E-state index contributed by atoms with van der Waals surface area (Å²) in [7, 11) is 0. The number of rotatable bonds is 24. The summed E-state index contributed by atoms with van der Waals surface area (Å²) < 4.78 is 0. The molecule has 0 aliphatic heterocycles. The Morgan fingerprint density at radius 2 is 0.704 bits per heavy atom. The monoisotopic (exact) mass is 383 g/mol. The van der Waals surface area contributed by atoms with Crippen molar-refractivity contribution in [3.63, 3.8) is 0 Å². The molecule has 3 heteroatoms. The lowest BCUT2D eigenvalue weighted by atomic mass is 10.1. The molecule has 0 aromatic carbocycles. The number of hydrogen-bond donors (Lipinski definition) is 3. The lowest BCUT2D eigenvalue weighted by Crippen LogP contribution is -2.17. The Labute approximate surface area is 172 Å². The van der Waals surface area contributed by atoms with E-state index in [-0.39, 0.29) is 0 Å². The molecule has 0 radical (unpaired) electrons. The Bertz CT molecular complexity index is 222. The largest absolute Gasteiger partial charge is 0.330 e. The van der Waals surface area contributed by atoms with E-state index in [1.54, 1.807) is 0 Å². The zero-order chi connectivity index (χ0) is 19.7. The Kier molecular flexibility index (Phi) is 25.8. The molecule has 4 N–H and O–H groups in total. The first-order valence-electron chi connectivity index (χ1n) is 12.5. The van der Waals surface area contributed by atoms with Gasteiger partial charge in [0, 0.05) is 0 Å². The number of nitrogens with two attached hydrogens (primary N) is 1. The predicted molar refractivity (Wildman–Crippen MR) is 124 cm³/mol. The van der Waals surface area contributed by atoms with Crippen molar-refractivity contribution in [1.29, 1.82) is 0 Å². The third-order valence-electron chi connectivity index (χ3n) is 5.47. The summed E-state index contributed by atoms with van der Waals surface area (Å²) in [6, 6.07) is 0. The van der Waals surface area contributed by atoms with Crippen molar-refractivity contribution in [2.75, 3.05) is 32.7 Å². The molecule has 0 atom stereocenters. The molecule has 0 heterocycles. The van der Waals surface area contributed by atoms with Crippen molar-refractivity contribution in [1.82, 2.24) is 10.6 Å². The third-order valence-corrected chi connectivity index (χ3v) is 5.47. The average molecular weight is 384 g/mol. The molecular formula is C24H53N3. The topological polar surface area (TPSA) is 50.1 Å². The van der Waals surface area contributed by atoms with Crippen molar-refractivity contribution in [2.24, 2.45) is 5.73 Å². The van der Waals surface area contributed by atoms with Crippen LogP contribution in [0.1, 0.15) is 122 Å². The van der Waals surface area contributed by atoms with E-state index < -0.39 is 0 Å². The maximum Gasteiger partial charge on any atom is -0.00489 e. The van der Waals surface area contributed by atoms with Gasteiger partial charge in [-0.25, -0.2) is 0 Å². The van der Waals surface area contributed by atoms with Gasteiger partial charge >= 0.3 is 0 Å². The second-order valence-corrected chi connectivity index (χ2v) is 8.30. The van der Waals surface area contributed by atoms with Gasteiger partial charge in [0.1, 0.15) is 0 Å². The van der Waals surface area contributed by atoms with E-state index in [0.717, 1.165) is 6.54 Å². The summed E-state index contributed by atoms with van der Waals surface area (Å²) in [5, 5.41) is 7.19. The summed E-state index contributed by atoms with van der Waals surface area (Å²) in [5.41, 5.74) is 5.50. The summed E-state index contributed by atoms with van der Waals surface area (Å²) >= 11 is 0. The molecule has 0 fully saturated rings. The van der Waals surface area contributed by atoms with Crippen molar-refractivity contribution >= 4 is 0 Å². The molecule has 0 aromatic rings. The zero-order valence-electron chi connectivity index (χ0n) is 18.8. The Hall–Kier alpha value is -0.120.